The van der Waals surface area contributed by atoms with Crippen LogP contribution >= 0.6 is 0 Å². The predicted octanol–water partition coefficient (Wildman–Crippen LogP) is 9.22. The molecule has 1 saturated carbocycles. The summed E-state index contributed by atoms with van der Waals surface area (Å²) in [4.78, 5) is 5.20. The van der Waals surface area contributed by atoms with Crippen molar-refractivity contribution in [2.45, 2.75) is 84.5 Å². The van der Waals surface area contributed by atoms with E-state index < -0.39 is 0 Å². The van der Waals surface area contributed by atoms with Gasteiger partial charge in [-0.25, -0.2) is 4.57 Å². The van der Waals surface area contributed by atoms with Gasteiger partial charge in [0.05, 0.1) is 18.3 Å². The highest BCUT2D eigenvalue weighted by atomic mass is 15.2. The summed E-state index contributed by atoms with van der Waals surface area (Å²) in [6.07, 6.45) is 4.97. The molecule has 3 heteroatoms. The van der Waals surface area contributed by atoms with Crippen molar-refractivity contribution in [2.24, 2.45) is 7.05 Å². The fraction of sp³-hybridized carbons (Fsp3) is 0.368. The molecule has 1 spiro atoms. The van der Waals surface area contributed by atoms with Crippen LogP contribution in [0.15, 0.2) is 66.7 Å². The topological polar surface area (TPSA) is 21.7 Å². The molecule has 2 aromatic heterocycles. The summed E-state index contributed by atoms with van der Waals surface area (Å²) >= 11 is 0. The van der Waals surface area contributed by atoms with Crippen molar-refractivity contribution in [1.82, 2.24) is 9.55 Å². The highest BCUT2D eigenvalue weighted by molar-refractivity contribution is 5.86. The van der Waals surface area contributed by atoms with Crippen LogP contribution in [0.25, 0.3) is 39.2 Å². The fourth-order valence-corrected chi connectivity index (χ4v) is 7.93. The molecule has 0 N–H and O–H groups in total. The third-order valence-electron chi connectivity index (χ3n) is 9.94. The second kappa shape index (κ2) is 9.41. The zero-order valence-corrected chi connectivity index (χ0v) is 25.7. The number of pyridine rings is 1. The molecule has 41 heavy (non-hydrogen) atoms. The maximum atomic E-state index is 5.20. The van der Waals surface area contributed by atoms with Gasteiger partial charge in [0.25, 0.3) is 5.82 Å². The van der Waals surface area contributed by atoms with Gasteiger partial charge in [-0.2, -0.15) is 4.57 Å². The number of imidazole rings is 1. The van der Waals surface area contributed by atoms with Gasteiger partial charge in [-0.05, 0) is 79.5 Å². The van der Waals surface area contributed by atoms with Gasteiger partial charge in [0, 0.05) is 27.8 Å². The summed E-state index contributed by atoms with van der Waals surface area (Å²) in [5.74, 6) is 2.07. The van der Waals surface area contributed by atoms with Crippen molar-refractivity contribution < 1.29 is 4.57 Å². The van der Waals surface area contributed by atoms with E-state index in [1.165, 1.54) is 92.9 Å². The first-order valence-corrected chi connectivity index (χ1v) is 15.5. The van der Waals surface area contributed by atoms with Crippen LogP contribution in [0, 0.1) is 13.8 Å². The van der Waals surface area contributed by atoms with E-state index >= 15 is 0 Å². The Bertz CT molecular complexity index is 1800. The third-order valence-corrected chi connectivity index (χ3v) is 9.94. The second-order valence-electron chi connectivity index (χ2n) is 13.2. The van der Waals surface area contributed by atoms with Crippen LogP contribution in [0.5, 0.6) is 0 Å². The lowest BCUT2D eigenvalue weighted by molar-refractivity contribution is -0.633. The summed E-state index contributed by atoms with van der Waals surface area (Å²) < 4.78 is 4.99. The van der Waals surface area contributed by atoms with E-state index in [1.54, 1.807) is 0 Å². The normalized spacial score (nSPS) is 15.4. The lowest BCUT2D eigenvalue weighted by atomic mass is 9.78. The lowest BCUT2D eigenvalue weighted by Crippen LogP contribution is -2.30. The molecule has 3 nitrogen and oxygen atoms in total. The smallest absolute Gasteiger partial charge is 0.257 e. The molecule has 208 valence electrons. The maximum Gasteiger partial charge on any atom is 0.295 e. The first-order chi connectivity index (χ1) is 19.7. The quantitative estimate of drug-likeness (QED) is 0.208. The average Bonchev–Trinajstić information content (AvgIpc) is 3.63. The van der Waals surface area contributed by atoms with Crippen molar-refractivity contribution in [3.05, 3.63) is 100 Å². The molecule has 1 fully saturated rings. The fourth-order valence-electron chi connectivity index (χ4n) is 7.93. The van der Waals surface area contributed by atoms with E-state index in [2.05, 4.69) is 124 Å². The molecule has 2 heterocycles. The number of nitrogens with zero attached hydrogens (tertiary/aromatic N) is 3. The Labute approximate surface area is 244 Å². The van der Waals surface area contributed by atoms with Crippen LogP contribution in [0.1, 0.15) is 98.9 Å². The molecular formula is C38H42N3+. The van der Waals surface area contributed by atoms with Gasteiger partial charge in [0.15, 0.2) is 11.0 Å². The van der Waals surface area contributed by atoms with Crippen LogP contribution in [0.3, 0.4) is 0 Å². The molecule has 3 aromatic carbocycles. The van der Waals surface area contributed by atoms with E-state index in [9.17, 15) is 0 Å². The van der Waals surface area contributed by atoms with Gasteiger partial charge in [0.2, 0.25) is 0 Å². The first kappa shape index (κ1) is 26.2. The lowest BCUT2D eigenvalue weighted by Gasteiger charge is -2.26. The summed E-state index contributed by atoms with van der Waals surface area (Å²) in [6, 6.07) is 25.4. The number of rotatable bonds is 4. The van der Waals surface area contributed by atoms with Gasteiger partial charge in [0.1, 0.15) is 5.69 Å². The molecular weight excluding hydrogens is 498 g/mol. The Kier molecular flexibility index (Phi) is 6.01. The van der Waals surface area contributed by atoms with E-state index in [1.807, 2.05) is 0 Å². The number of benzene rings is 3. The summed E-state index contributed by atoms with van der Waals surface area (Å²) in [5.41, 5.74) is 16.0. The number of aryl methyl sites for hydroxylation is 3. The van der Waals surface area contributed by atoms with Crippen molar-refractivity contribution in [3.8, 4) is 28.2 Å². The Hall–Kier alpha value is -3.72. The molecule has 0 amide bonds. The van der Waals surface area contributed by atoms with Crippen LogP contribution in [0.4, 0.5) is 0 Å². The molecule has 7 rings (SSSR count). The molecule has 0 unspecified atom stereocenters. The molecule has 0 aliphatic heterocycles. The predicted molar refractivity (Wildman–Crippen MR) is 170 cm³/mol. The summed E-state index contributed by atoms with van der Waals surface area (Å²) in [5, 5.41) is 0. The average molecular weight is 541 g/mol. The van der Waals surface area contributed by atoms with Gasteiger partial charge in [-0.15, -0.1) is 0 Å². The minimum Gasteiger partial charge on any atom is -0.257 e. The standard InChI is InChI=1S/C38H42N3/c1-23(2)27-13-12-14-28(24(3)4)35(27)41-34-16-9-8-15-33(34)40(7)37(41)30-22-31-29-18-17-26(6)39-36(29)38(19-10-11-20-38)32(31)21-25(30)5/h8-9,12-18,21-24H,10-11,19-20H2,1-7H3/q+1. The third kappa shape index (κ3) is 3.70. The molecule has 5 aromatic rings. The number of aromatic nitrogens is 3. The van der Waals surface area contributed by atoms with Crippen molar-refractivity contribution in [1.29, 1.82) is 0 Å². The van der Waals surface area contributed by atoms with Crippen LogP contribution in [-0.2, 0) is 12.5 Å². The Morgan fingerprint density at radius 2 is 1.46 bits per heavy atom. The van der Waals surface area contributed by atoms with Gasteiger partial charge < -0.3 is 0 Å². The van der Waals surface area contributed by atoms with E-state index in [-0.39, 0.29) is 5.41 Å². The molecule has 2 aliphatic carbocycles. The molecule has 0 atom stereocenters. The number of para-hydroxylation sites is 3. The number of fused-ring (bicyclic) bond motifs is 6. The van der Waals surface area contributed by atoms with Gasteiger partial charge >= 0.3 is 0 Å². The van der Waals surface area contributed by atoms with Crippen LogP contribution < -0.4 is 4.57 Å². The number of hydrogen-bond donors (Lipinski definition) is 0. The highest BCUT2D eigenvalue weighted by Crippen LogP contribution is 2.57. The molecule has 0 radical (unpaired) electrons. The van der Waals surface area contributed by atoms with Gasteiger partial charge in [-0.3, -0.25) is 4.98 Å². The van der Waals surface area contributed by atoms with Crippen LogP contribution in [-0.4, -0.2) is 9.55 Å². The minimum atomic E-state index is 0.0733. The van der Waals surface area contributed by atoms with Crippen molar-refractivity contribution in [3.63, 3.8) is 0 Å². The van der Waals surface area contributed by atoms with Crippen molar-refractivity contribution >= 4 is 11.0 Å². The maximum absolute atomic E-state index is 5.20. The SMILES string of the molecule is Cc1ccc2c(n1)C1(CCCC1)c1cc(C)c(-c3n(-c4c(C(C)C)cccc4C(C)C)c4ccccc4[n+]3C)cc1-2. The Balaban J connectivity index is 1.58. The first-order valence-electron chi connectivity index (χ1n) is 15.5. The zero-order valence-electron chi connectivity index (χ0n) is 25.7. The molecule has 2 aliphatic rings. The minimum absolute atomic E-state index is 0.0733. The van der Waals surface area contributed by atoms with E-state index in [0.717, 1.165) is 5.69 Å². The van der Waals surface area contributed by atoms with E-state index in [4.69, 9.17) is 4.98 Å². The van der Waals surface area contributed by atoms with Crippen LogP contribution in [0.2, 0.25) is 0 Å². The number of hydrogen-bond acceptors (Lipinski definition) is 1. The molecule has 0 saturated heterocycles. The largest absolute Gasteiger partial charge is 0.295 e. The van der Waals surface area contributed by atoms with E-state index in [0.29, 0.717) is 11.8 Å². The van der Waals surface area contributed by atoms with Gasteiger partial charge in [-0.1, -0.05) is 83.0 Å². The Morgan fingerprint density at radius 3 is 2.15 bits per heavy atom. The summed E-state index contributed by atoms with van der Waals surface area (Å²) in [7, 11) is 2.24. The Morgan fingerprint density at radius 1 is 0.780 bits per heavy atom. The molecule has 0 bridgehead atoms. The highest BCUT2D eigenvalue weighted by Gasteiger charge is 2.47. The summed E-state index contributed by atoms with van der Waals surface area (Å²) in [6.45, 7) is 13.7. The monoisotopic (exact) mass is 540 g/mol. The second-order valence-corrected chi connectivity index (χ2v) is 13.2. The van der Waals surface area contributed by atoms with Crippen molar-refractivity contribution in [2.75, 3.05) is 0 Å². The zero-order chi connectivity index (χ0) is 28.6.